The largest absolute Gasteiger partial charge is 0.478 e. The molecular formula is C11H16N2O3. The Labute approximate surface area is 94.0 Å². The van der Waals surface area contributed by atoms with Gasteiger partial charge in [-0.25, -0.2) is 4.79 Å². The van der Waals surface area contributed by atoms with Crippen molar-refractivity contribution < 1.29 is 14.7 Å². The number of nitrogens with two attached hydrogens (primary N) is 1. The minimum atomic E-state index is -1.08. The average molecular weight is 224 g/mol. The maximum atomic E-state index is 11.0. The van der Waals surface area contributed by atoms with Crippen molar-refractivity contribution >= 4 is 17.5 Å². The van der Waals surface area contributed by atoms with Crippen LogP contribution in [0.4, 0.5) is 0 Å². The second-order valence-electron chi connectivity index (χ2n) is 4.03. The molecule has 0 unspecified atom stereocenters. The van der Waals surface area contributed by atoms with Crippen LogP contribution in [-0.4, -0.2) is 28.6 Å². The van der Waals surface area contributed by atoms with Gasteiger partial charge in [-0.2, -0.15) is 0 Å². The first-order chi connectivity index (χ1) is 7.45. The number of aliphatic carboxylic acids is 1. The number of nitrogens with zero attached hydrogens (tertiary/aromatic N) is 1. The molecule has 1 rings (SSSR count). The second-order valence-corrected chi connectivity index (χ2v) is 4.03. The summed E-state index contributed by atoms with van der Waals surface area (Å²) in [5.41, 5.74) is 5.65. The number of aliphatic imine (C=N–C) groups is 1. The lowest BCUT2D eigenvalue weighted by atomic mass is 9.78. The third-order valence-electron chi connectivity index (χ3n) is 2.85. The van der Waals surface area contributed by atoms with Gasteiger partial charge in [0.05, 0.1) is 11.6 Å². The van der Waals surface area contributed by atoms with Crippen LogP contribution in [0.3, 0.4) is 0 Å². The van der Waals surface area contributed by atoms with Crippen LogP contribution in [0.2, 0.25) is 0 Å². The molecule has 5 heteroatoms. The second kappa shape index (κ2) is 4.92. The molecule has 0 aromatic rings. The molecule has 0 saturated heterocycles. The van der Waals surface area contributed by atoms with Crippen molar-refractivity contribution in [3.05, 3.63) is 11.8 Å². The van der Waals surface area contributed by atoms with E-state index < -0.39 is 5.97 Å². The molecule has 0 spiro atoms. The molecule has 1 aliphatic rings. The van der Waals surface area contributed by atoms with E-state index in [1.807, 2.05) is 0 Å². The van der Waals surface area contributed by atoms with Gasteiger partial charge in [-0.15, -0.1) is 0 Å². The monoisotopic (exact) mass is 224 g/mol. The van der Waals surface area contributed by atoms with E-state index in [1.165, 1.54) is 0 Å². The van der Waals surface area contributed by atoms with E-state index in [2.05, 4.69) is 4.99 Å². The minimum absolute atomic E-state index is 0.0197. The van der Waals surface area contributed by atoms with Crippen molar-refractivity contribution in [2.24, 2.45) is 16.6 Å². The molecule has 0 radical (unpaired) electrons. The number of carboxylic acid groups (broad SMARTS) is 1. The summed E-state index contributed by atoms with van der Waals surface area (Å²) in [6.45, 7) is 3.19. The summed E-state index contributed by atoms with van der Waals surface area (Å²) in [4.78, 5) is 26.0. The van der Waals surface area contributed by atoms with Crippen LogP contribution in [0.5, 0.6) is 0 Å². The molecule has 1 saturated carbocycles. The van der Waals surface area contributed by atoms with Gasteiger partial charge in [0, 0.05) is 17.8 Å². The SMILES string of the molecule is CC(=O)C1CC(N=C(C)C(=CN)C(=O)O)C1. The molecule has 16 heavy (non-hydrogen) atoms. The molecule has 0 aromatic carbocycles. The normalized spacial score (nSPS) is 26.1. The standard InChI is InChI=1S/C11H16N2O3/c1-6(10(5-12)11(15)16)13-9-3-8(4-9)7(2)14/h5,8-9H,3-4,12H2,1-2H3,(H,15,16). The van der Waals surface area contributed by atoms with Gasteiger partial charge in [0.2, 0.25) is 0 Å². The smallest absolute Gasteiger partial charge is 0.339 e. The summed E-state index contributed by atoms with van der Waals surface area (Å²) in [6, 6.07) is 0.0585. The van der Waals surface area contributed by atoms with Crippen LogP contribution in [0.25, 0.3) is 0 Å². The Bertz CT molecular complexity index is 365. The number of hydrogen-bond acceptors (Lipinski definition) is 4. The fourth-order valence-electron chi connectivity index (χ4n) is 1.72. The molecule has 1 aliphatic carbocycles. The highest BCUT2D eigenvalue weighted by Crippen LogP contribution is 2.31. The van der Waals surface area contributed by atoms with Crippen LogP contribution >= 0.6 is 0 Å². The van der Waals surface area contributed by atoms with Crippen LogP contribution in [0.1, 0.15) is 26.7 Å². The topological polar surface area (TPSA) is 92.8 Å². The Morgan fingerprint density at radius 3 is 2.31 bits per heavy atom. The fourth-order valence-corrected chi connectivity index (χ4v) is 1.72. The molecule has 0 heterocycles. The molecule has 1 fully saturated rings. The number of carbonyl (C=O) groups is 2. The summed E-state index contributed by atoms with van der Waals surface area (Å²) in [6.07, 6.45) is 2.47. The zero-order chi connectivity index (χ0) is 12.3. The van der Waals surface area contributed by atoms with Gasteiger partial charge in [0.1, 0.15) is 5.78 Å². The lowest BCUT2D eigenvalue weighted by molar-refractivity contribution is -0.132. The molecule has 0 atom stereocenters. The summed E-state index contributed by atoms with van der Waals surface area (Å²) in [5.74, 6) is -0.806. The molecule has 88 valence electrons. The highest BCUT2D eigenvalue weighted by Gasteiger charge is 2.32. The van der Waals surface area contributed by atoms with Gasteiger partial charge in [-0.1, -0.05) is 0 Å². The molecular weight excluding hydrogens is 208 g/mol. The van der Waals surface area contributed by atoms with Crippen molar-refractivity contribution in [2.45, 2.75) is 32.7 Å². The van der Waals surface area contributed by atoms with Crippen molar-refractivity contribution in [3.63, 3.8) is 0 Å². The fraction of sp³-hybridized carbons (Fsp3) is 0.545. The third kappa shape index (κ3) is 2.68. The van der Waals surface area contributed by atoms with Gasteiger partial charge in [-0.05, 0) is 26.7 Å². The lowest BCUT2D eigenvalue weighted by Crippen LogP contribution is -2.33. The maximum Gasteiger partial charge on any atom is 0.339 e. The Kier molecular flexibility index (Phi) is 3.82. The van der Waals surface area contributed by atoms with Gasteiger partial charge < -0.3 is 10.8 Å². The number of carbonyl (C=O) groups excluding carboxylic acids is 1. The van der Waals surface area contributed by atoms with E-state index in [0.29, 0.717) is 18.6 Å². The highest BCUT2D eigenvalue weighted by atomic mass is 16.4. The number of ketones is 1. The van der Waals surface area contributed by atoms with Crippen molar-refractivity contribution in [3.8, 4) is 0 Å². The van der Waals surface area contributed by atoms with Gasteiger partial charge in [0.25, 0.3) is 0 Å². The van der Waals surface area contributed by atoms with Crippen LogP contribution < -0.4 is 5.73 Å². The summed E-state index contributed by atoms with van der Waals surface area (Å²) in [7, 11) is 0. The molecule has 0 amide bonds. The van der Waals surface area contributed by atoms with Gasteiger partial charge in [0.15, 0.2) is 0 Å². The quantitative estimate of drug-likeness (QED) is 0.544. The number of rotatable bonds is 4. The van der Waals surface area contributed by atoms with E-state index >= 15 is 0 Å². The van der Waals surface area contributed by atoms with E-state index in [1.54, 1.807) is 13.8 Å². The molecule has 0 aromatic heterocycles. The van der Waals surface area contributed by atoms with E-state index in [4.69, 9.17) is 10.8 Å². The third-order valence-corrected chi connectivity index (χ3v) is 2.85. The van der Waals surface area contributed by atoms with Crippen molar-refractivity contribution in [1.29, 1.82) is 0 Å². The molecule has 3 N–H and O–H groups in total. The Balaban J connectivity index is 2.60. The first-order valence-corrected chi connectivity index (χ1v) is 5.16. The molecule has 5 nitrogen and oxygen atoms in total. The summed E-state index contributed by atoms with van der Waals surface area (Å²) >= 11 is 0. The molecule has 0 bridgehead atoms. The Morgan fingerprint density at radius 2 is 1.94 bits per heavy atom. The predicted molar refractivity (Wildman–Crippen MR) is 60.2 cm³/mol. The Hall–Kier alpha value is -1.65. The van der Waals surface area contributed by atoms with Crippen LogP contribution in [-0.2, 0) is 9.59 Å². The zero-order valence-electron chi connectivity index (χ0n) is 9.43. The predicted octanol–water partition coefficient (Wildman–Crippen LogP) is 0.742. The average Bonchev–Trinajstić information content (AvgIpc) is 2.10. The molecule has 0 aliphatic heterocycles. The summed E-state index contributed by atoms with van der Waals surface area (Å²) in [5, 5.41) is 8.80. The van der Waals surface area contributed by atoms with E-state index in [0.717, 1.165) is 6.20 Å². The van der Waals surface area contributed by atoms with Crippen LogP contribution in [0.15, 0.2) is 16.8 Å². The number of carboxylic acids is 1. The van der Waals surface area contributed by atoms with E-state index in [9.17, 15) is 9.59 Å². The minimum Gasteiger partial charge on any atom is -0.478 e. The maximum absolute atomic E-state index is 11.0. The summed E-state index contributed by atoms with van der Waals surface area (Å²) < 4.78 is 0. The van der Waals surface area contributed by atoms with Crippen molar-refractivity contribution in [2.75, 3.05) is 0 Å². The Morgan fingerprint density at radius 1 is 1.38 bits per heavy atom. The van der Waals surface area contributed by atoms with Gasteiger partial charge >= 0.3 is 5.97 Å². The van der Waals surface area contributed by atoms with E-state index in [-0.39, 0.29) is 23.3 Å². The number of hydrogen-bond donors (Lipinski definition) is 2. The lowest BCUT2D eigenvalue weighted by Gasteiger charge is -2.30. The van der Waals surface area contributed by atoms with Crippen molar-refractivity contribution in [1.82, 2.24) is 0 Å². The first kappa shape index (κ1) is 12.4. The zero-order valence-corrected chi connectivity index (χ0v) is 9.43. The van der Waals surface area contributed by atoms with Gasteiger partial charge in [-0.3, -0.25) is 9.79 Å². The first-order valence-electron chi connectivity index (χ1n) is 5.16. The number of Topliss-reactive ketones (excluding diaryl/α,β-unsaturated/α-hetero) is 1. The van der Waals surface area contributed by atoms with Crippen LogP contribution in [0, 0.1) is 5.92 Å². The highest BCUT2D eigenvalue weighted by molar-refractivity contribution is 6.18.